The Morgan fingerprint density at radius 2 is 1.79 bits per heavy atom. The van der Waals surface area contributed by atoms with Crippen molar-refractivity contribution in [2.45, 2.75) is 57.4 Å². The van der Waals surface area contributed by atoms with Gasteiger partial charge in [0.15, 0.2) is 5.13 Å². The number of likely N-dealkylation sites (N-methyl/N-ethyl adjacent to an activating group) is 1. The van der Waals surface area contributed by atoms with Crippen LogP contribution in [0.1, 0.15) is 56.8 Å². The van der Waals surface area contributed by atoms with Crippen LogP contribution in [0.2, 0.25) is 0 Å². The van der Waals surface area contributed by atoms with Gasteiger partial charge in [-0.2, -0.15) is 4.31 Å². The van der Waals surface area contributed by atoms with Crippen LogP contribution in [0.25, 0.3) is 10.2 Å². The lowest BCUT2D eigenvalue weighted by Gasteiger charge is -2.34. The third-order valence-corrected chi connectivity index (χ3v) is 10.1. The van der Waals surface area contributed by atoms with Crippen molar-refractivity contribution in [2.24, 2.45) is 0 Å². The number of thiazole rings is 1. The van der Waals surface area contributed by atoms with E-state index in [9.17, 15) is 17.6 Å². The van der Waals surface area contributed by atoms with Crippen LogP contribution in [0, 0.1) is 5.82 Å². The summed E-state index contributed by atoms with van der Waals surface area (Å²) in [5, 5.41) is 0.424. The van der Waals surface area contributed by atoms with Crippen LogP contribution in [-0.2, 0) is 10.0 Å². The maximum Gasteiger partial charge on any atom is 0.260 e. The van der Waals surface area contributed by atoms with Gasteiger partial charge >= 0.3 is 0 Å². The van der Waals surface area contributed by atoms with Crippen LogP contribution < -0.4 is 4.90 Å². The monoisotopic (exact) mass is 582 g/mol. The van der Waals surface area contributed by atoms with Gasteiger partial charge in [0, 0.05) is 31.2 Å². The molecule has 2 aromatic carbocycles. The predicted octanol–water partition coefficient (Wildman–Crippen LogP) is 5.80. The van der Waals surface area contributed by atoms with Crippen molar-refractivity contribution in [3.63, 3.8) is 0 Å². The first-order chi connectivity index (χ1) is 17.8. The molecule has 1 amide bonds. The Morgan fingerprint density at radius 1 is 1.08 bits per heavy atom. The van der Waals surface area contributed by atoms with E-state index in [0.29, 0.717) is 35.0 Å². The molecule has 1 fully saturated rings. The number of carbonyl (C=O) groups is 1. The van der Waals surface area contributed by atoms with Gasteiger partial charge in [0.05, 0.1) is 9.60 Å². The Kier molecular flexibility index (Phi) is 10.7. The first kappa shape index (κ1) is 30.4. The normalized spacial score (nSPS) is 16.5. The fraction of sp³-hybridized carbons (Fsp3) is 0.481. The molecule has 3 aromatic rings. The van der Waals surface area contributed by atoms with Crippen molar-refractivity contribution >= 4 is 55.0 Å². The number of piperidine rings is 1. The summed E-state index contributed by atoms with van der Waals surface area (Å²) >= 11 is 1.27. The quantitative estimate of drug-likeness (QED) is 0.302. The molecule has 7 nitrogen and oxygen atoms in total. The first-order valence-corrected chi connectivity index (χ1v) is 15.3. The average Bonchev–Trinajstić information content (AvgIpc) is 3.36. The van der Waals surface area contributed by atoms with E-state index >= 15 is 0 Å². The Labute approximate surface area is 235 Å². The fourth-order valence-corrected chi connectivity index (χ4v) is 7.61. The standard InChI is InChI=1S/C27H35FN4O3S2.ClH/c1-4-21-10-7-8-17-32(21)37(34,35)22-15-13-20(14-16-22)26(33)31(19-18-30(5-2)6-3)27-29-25-23(28)11-9-12-24(25)36-27;/h9,11-16,21H,4-8,10,17-19H2,1-3H3;1H. The Bertz CT molecular complexity index is 1330. The summed E-state index contributed by atoms with van der Waals surface area (Å²) in [5.74, 6) is -0.714. The van der Waals surface area contributed by atoms with Crippen molar-refractivity contribution in [2.75, 3.05) is 37.6 Å². The van der Waals surface area contributed by atoms with Crippen LogP contribution in [0.3, 0.4) is 0 Å². The molecule has 0 N–H and O–H groups in total. The van der Waals surface area contributed by atoms with Gasteiger partial charge in [-0.25, -0.2) is 17.8 Å². The zero-order valence-electron chi connectivity index (χ0n) is 22.1. The molecule has 0 aliphatic carbocycles. The molecule has 1 unspecified atom stereocenters. The highest BCUT2D eigenvalue weighted by Crippen LogP contribution is 2.32. The Balaban J connectivity index is 0.00000400. The largest absolute Gasteiger partial charge is 0.302 e. The van der Waals surface area contributed by atoms with E-state index in [1.54, 1.807) is 33.5 Å². The number of para-hydroxylation sites is 1. The highest BCUT2D eigenvalue weighted by Gasteiger charge is 2.32. The molecule has 2 heterocycles. The van der Waals surface area contributed by atoms with Gasteiger partial charge in [-0.3, -0.25) is 9.69 Å². The molecule has 0 saturated carbocycles. The summed E-state index contributed by atoms with van der Waals surface area (Å²) in [7, 11) is -3.64. The minimum Gasteiger partial charge on any atom is -0.302 e. The zero-order valence-corrected chi connectivity index (χ0v) is 24.5. The van der Waals surface area contributed by atoms with Gasteiger partial charge in [-0.05, 0) is 68.8 Å². The van der Waals surface area contributed by atoms with Gasteiger partial charge in [0.2, 0.25) is 10.0 Å². The number of hydrogen-bond acceptors (Lipinski definition) is 6. The van der Waals surface area contributed by atoms with Gasteiger partial charge < -0.3 is 4.90 Å². The first-order valence-electron chi connectivity index (χ1n) is 13.0. The second kappa shape index (κ2) is 13.3. The number of carbonyl (C=O) groups excluding carboxylic acids is 1. The Morgan fingerprint density at radius 3 is 2.42 bits per heavy atom. The minimum absolute atomic E-state index is 0. The number of amides is 1. The smallest absolute Gasteiger partial charge is 0.260 e. The number of rotatable bonds is 10. The van der Waals surface area contributed by atoms with Crippen molar-refractivity contribution in [3.8, 4) is 0 Å². The number of halogens is 2. The number of hydrogen-bond donors (Lipinski definition) is 0. The molecule has 4 rings (SSSR count). The number of aromatic nitrogens is 1. The van der Waals surface area contributed by atoms with E-state index in [-0.39, 0.29) is 34.8 Å². The Hall–Kier alpha value is -2.11. The molecule has 11 heteroatoms. The van der Waals surface area contributed by atoms with Crippen molar-refractivity contribution in [1.82, 2.24) is 14.2 Å². The molecular weight excluding hydrogens is 547 g/mol. The van der Waals surface area contributed by atoms with Crippen molar-refractivity contribution in [3.05, 3.63) is 53.8 Å². The van der Waals surface area contributed by atoms with E-state index in [0.717, 1.165) is 38.8 Å². The predicted molar refractivity (Wildman–Crippen MR) is 155 cm³/mol. The van der Waals surface area contributed by atoms with Crippen LogP contribution in [0.5, 0.6) is 0 Å². The molecule has 0 radical (unpaired) electrons. The van der Waals surface area contributed by atoms with Gasteiger partial charge in [0.25, 0.3) is 5.91 Å². The third kappa shape index (κ3) is 6.37. The van der Waals surface area contributed by atoms with Crippen LogP contribution in [0.15, 0.2) is 47.4 Å². The number of sulfonamides is 1. The molecule has 1 atom stereocenters. The molecule has 1 saturated heterocycles. The molecular formula is C27H36ClFN4O3S2. The minimum atomic E-state index is -3.64. The molecule has 1 aliphatic rings. The number of anilines is 1. The number of nitrogens with zero attached hydrogens (tertiary/aromatic N) is 4. The summed E-state index contributed by atoms with van der Waals surface area (Å²) in [4.78, 5) is 22.1. The van der Waals surface area contributed by atoms with E-state index in [1.807, 2.05) is 6.92 Å². The molecule has 0 spiro atoms. The summed E-state index contributed by atoms with van der Waals surface area (Å²) in [6.07, 6.45) is 3.55. The summed E-state index contributed by atoms with van der Waals surface area (Å²) < 4.78 is 43.3. The average molecular weight is 583 g/mol. The van der Waals surface area contributed by atoms with Crippen molar-refractivity contribution < 1.29 is 17.6 Å². The zero-order chi connectivity index (χ0) is 26.6. The number of benzene rings is 2. The highest BCUT2D eigenvalue weighted by atomic mass is 35.5. The van der Waals surface area contributed by atoms with Crippen LogP contribution >= 0.6 is 23.7 Å². The van der Waals surface area contributed by atoms with Crippen molar-refractivity contribution in [1.29, 1.82) is 0 Å². The fourth-order valence-electron chi connectivity index (χ4n) is 4.84. The third-order valence-electron chi connectivity index (χ3n) is 7.12. The molecule has 0 bridgehead atoms. The van der Waals surface area contributed by atoms with E-state index in [4.69, 9.17) is 0 Å². The van der Waals surface area contributed by atoms with Gasteiger partial charge in [-0.1, -0.05) is 44.6 Å². The molecule has 1 aromatic heterocycles. The summed E-state index contributed by atoms with van der Waals surface area (Å²) in [5.41, 5.74) is 0.612. The van der Waals surface area contributed by atoms with Gasteiger partial charge in [-0.15, -0.1) is 12.4 Å². The molecule has 208 valence electrons. The topological polar surface area (TPSA) is 73.8 Å². The maximum atomic E-state index is 14.3. The summed E-state index contributed by atoms with van der Waals surface area (Å²) in [6.45, 7) is 9.37. The second-order valence-electron chi connectivity index (χ2n) is 9.26. The molecule has 38 heavy (non-hydrogen) atoms. The maximum absolute atomic E-state index is 14.3. The second-order valence-corrected chi connectivity index (χ2v) is 12.2. The van der Waals surface area contributed by atoms with Crippen LogP contribution in [-0.4, -0.2) is 67.3 Å². The lowest BCUT2D eigenvalue weighted by Crippen LogP contribution is -2.43. The van der Waals surface area contributed by atoms with Gasteiger partial charge in [0.1, 0.15) is 11.3 Å². The lowest BCUT2D eigenvalue weighted by atomic mass is 10.0. The molecule has 1 aliphatic heterocycles. The SMILES string of the molecule is CCC1CCCCN1S(=O)(=O)c1ccc(C(=O)N(CCN(CC)CC)c2nc3c(F)cccc3s2)cc1.Cl. The lowest BCUT2D eigenvalue weighted by molar-refractivity contribution is 0.0983. The van der Waals surface area contributed by atoms with E-state index < -0.39 is 15.8 Å². The van der Waals surface area contributed by atoms with E-state index in [2.05, 4.69) is 23.7 Å². The summed E-state index contributed by atoms with van der Waals surface area (Å²) in [6, 6.07) is 11.0. The number of fused-ring (bicyclic) bond motifs is 1. The van der Waals surface area contributed by atoms with E-state index in [1.165, 1.54) is 29.5 Å². The van der Waals surface area contributed by atoms with Crippen LogP contribution in [0.4, 0.5) is 9.52 Å². The highest BCUT2D eigenvalue weighted by molar-refractivity contribution is 7.89.